The summed E-state index contributed by atoms with van der Waals surface area (Å²) in [5.41, 5.74) is 1.75. The van der Waals surface area contributed by atoms with Gasteiger partial charge < -0.3 is 10.6 Å². The SMILES string of the molecule is CC(NC(=O)c1ccccc1SCC(=O)Nc1cccc(C#N)c1)c1ccc(F)c(F)c1. The molecule has 3 aromatic rings. The molecule has 5 nitrogen and oxygen atoms in total. The first kappa shape index (κ1) is 23.0. The van der Waals surface area contributed by atoms with Gasteiger partial charge in [0.05, 0.1) is 29.0 Å². The van der Waals surface area contributed by atoms with Gasteiger partial charge in [0.1, 0.15) is 0 Å². The normalized spacial score (nSPS) is 11.3. The van der Waals surface area contributed by atoms with Gasteiger partial charge in [-0.25, -0.2) is 8.78 Å². The van der Waals surface area contributed by atoms with Crippen molar-refractivity contribution in [3.8, 4) is 6.07 Å². The monoisotopic (exact) mass is 451 g/mol. The van der Waals surface area contributed by atoms with Crippen molar-refractivity contribution in [1.29, 1.82) is 5.26 Å². The number of anilines is 1. The first-order valence-electron chi connectivity index (χ1n) is 9.65. The summed E-state index contributed by atoms with van der Waals surface area (Å²) in [5.74, 6) is -2.56. The molecule has 0 spiro atoms. The van der Waals surface area contributed by atoms with Crippen molar-refractivity contribution in [2.24, 2.45) is 0 Å². The van der Waals surface area contributed by atoms with E-state index in [-0.39, 0.29) is 11.7 Å². The minimum Gasteiger partial charge on any atom is -0.345 e. The quantitative estimate of drug-likeness (QED) is 0.492. The van der Waals surface area contributed by atoms with Crippen LogP contribution in [0.5, 0.6) is 0 Å². The molecule has 0 fully saturated rings. The number of benzene rings is 3. The number of amides is 2. The van der Waals surface area contributed by atoms with E-state index in [0.29, 0.717) is 27.3 Å². The maximum atomic E-state index is 13.5. The van der Waals surface area contributed by atoms with E-state index < -0.39 is 23.6 Å². The molecule has 2 amide bonds. The average molecular weight is 451 g/mol. The maximum absolute atomic E-state index is 13.5. The molecule has 0 heterocycles. The number of hydrogen-bond acceptors (Lipinski definition) is 4. The van der Waals surface area contributed by atoms with Crippen molar-refractivity contribution < 1.29 is 18.4 Å². The highest BCUT2D eigenvalue weighted by Crippen LogP contribution is 2.24. The van der Waals surface area contributed by atoms with Crippen molar-refractivity contribution >= 4 is 29.3 Å². The van der Waals surface area contributed by atoms with Gasteiger partial charge in [0.15, 0.2) is 11.6 Å². The summed E-state index contributed by atoms with van der Waals surface area (Å²) in [5, 5.41) is 14.4. The molecule has 0 saturated heterocycles. The lowest BCUT2D eigenvalue weighted by Crippen LogP contribution is -2.27. The second-order valence-electron chi connectivity index (χ2n) is 6.89. The van der Waals surface area contributed by atoms with E-state index >= 15 is 0 Å². The Kier molecular flexibility index (Phi) is 7.58. The number of carbonyl (C=O) groups is 2. The maximum Gasteiger partial charge on any atom is 0.252 e. The Morgan fingerprint density at radius 3 is 2.56 bits per heavy atom. The number of nitrogens with one attached hydrogen (secondary N) is 2. The Bertz CT molecular complexity index is 1190. The smallest absolute Gasteiger partial charge is 0.252 e. The first-order valence-corrected chi connectivity index (χ1v) is 10.6. The third-order valence-electron chi connectivity index (χ3n) is 4.56. The number of hydrogen-bond donors (Lipinski definition) is 2. The Morgan fingerprint density at radius 2 is 1.81 bits per heavy atom. The zero-order valence-corrected chi connectivity index (χ0v) is 17.9. The molecular formula is C24H19F2N3O2S. The van der Waals surface area contributed by atoms with E-state index in [0.717, 1.165) is 12.1 Å². The molecule has 32 heavy (non-hydrogen) atoms. The largest absolute Gasteiger partial charge is 0.345 e. The van der Waals surface area contributed by atoms with E-state index in [1.54, 1.807) is 55.5 Å². The fourth-order valence-corrected chi connectivity index (χ4v) is 3.78. The summed E-state index contributed by atoms with van der Waals surface area (Å²) in [6.07, 6.45) is 0. The van der Waals surface area contributed by atoms with Crippen LogP contribution in [0.25, 0.3) is 0 Å². The molecule has 0 radical (unpaired) electrons. The lowest BCUT2D eigenvalue weighted by molar-refractivity contribution is -0.113. The van der Waals surface area contributed by atoms with E-state index in [2.05, 4.69) is 10.6 Å². The number of halogens is 2. The van der Waals surface area contributed by atoms with Gasteiger partial charge in [-0.05, 0) is 55.0 Å². The van der Waals surface area contributed by atoms with Crippen LogP contribution in [-0.2, 0) is 4.79 Å². The topological polar surface area (TPSA) is 82.0 Å². The molecule has 3 rings (SSSR count). The number of nitrogens with zero attached hydrogens (tertiary/aromatic N) is 1. The van der Waals surface area contributed by atoms with Crippen LogP contribution in [-0.4, -0.2) is 17.6 Å². The van der Waals surface area contributed by atoms with E-state index in [9.17, 15) is 18.4 Å². The van der Waals surface area contributed by atoms with Crippen LogP contribution >= 0.6 is 11.8 Å². The molecule has 0 saturated carbocycles. The van der Waals surface area contributed by atoms with Crippen molar-refractivity contribution in [3.05, 3.63) is 95.1 Å². The van der Waals surface area contributed by atoms with Gasteiger partial charge >= 0.3 is 0 Å². The van der Waals surface area contributed by atoms with Crippen molar-refractivity contribution in [3.63, 3.8) is 0 Å². The minimum absolute atomic E-state index is 0.0554. The van der Waals surface area contributed by atoms with Crippen LogP contribution < -0.4 is 10.6 Å². The second-order valence-corrected chi connectivity index (χ2v) is 7.91. The van der Waals surface area contributed by atoms with Gasteiger partial charge in [-0.15, -0.1) is 11.8 Å². The summed E-state index contributed by atoms with van der Waals surface area (Å²) in [6.45, 7) is 1.67. The molecule has 162 valence electrons. The average Bonchev–Trinajstić information content (AvgIpc) is 2.79. The van der Waals surface area contributed by atoms with Gasteiger partial charge in [-0.1, -0.05) is 24.3 Å². The molecular weight excluding hydrogens is 432 g/mol. The van der Waals surface area contributed by atoms with Gasteiger partial charge in [-0.2, -0.15) is 5.26 Å². The standard InChI is InChI=1S/C24H19F2N3O2S/c1-15(17-9-10-20(25)21(26)12-17)28-24(31)19-7-2-3-8-22(19)32-14-23(30)29-18-6-4-5-16(11-18)13-27/h2-12,15H,14H2,1H3,(H,28,31)(H,29,30). The highest BCUT2D eigenvalue weighted by molar-refractivity contribution is 8.00. The van der Waals surface area contributed by atoms with E-state index in [4.69, 9.17) is 5.26 Å². The summed E-state index contributed by atoms with van der Waals surface area (Å²) in [4.78, 5) is 25.7. The molecule has 8 heteroatoms. The third kappa shape index (κ3) is 5.93. The molecule has 0 aliphatic heterocycles. The van der Waals surface area contributed by atoms with Crippen LogP contribution in [0.3, 0.4) is 0 Å². The van der Waals surface area contributed by atoms with Crippen LogP contribution in [0.2, 0.25) is 0 Å². The molecule has 1 unspecified atom stereocenters. The number of nitriles is 1. The Labute approximate surface area is 188 Å². The Hall–Kier alpha value is -3.70. The highest BCUT2D eigenvalue weighted by atomic mass is 32.2. The molecule has 3 aromatic carbocycles. The third-order valence-corrected chi connectivity index (χ3v) is 5.63. The van der Waals surface area contributed by atoms with Gasteiger partial charge in [0, 0.05) is 10.6 Å². The van der Waals surface area contributed by atoms with Gasteiger partial charge in [0.25, 0.3) is 5.91 Å². The lowest BCUT2D eigenvalue weighted by Gasteiger charge is -2.16. The van der Waals surface area contributed by atoms with E-state index in [1.165, 1.54) is 17.8 Å². The van der Waals surface area contributed by atoms with Gasteiger partial charge in [0.2, 0.25) is 5.91 Å². The van der Waals surface area contributed by atoms with Gasteiger partial charge in [-0.3, -0.25) is 9.59 Å². The summed E-state index contributed by atoms with van der Waals surface area (Å²) in [7, 11) is 0. The van der Waals surface area contributed by atoms with Crippen molar-refractivity contribution in [2.75, 3.05) is 11.1 Å². The first-order chi connectivity index (χ1) is 15.4. The van der Waals surface area contributed by atoms with Crippen molar-refractivity contribution in [1.82, 2.24) is 5.32 Å². The highest BCUT2D eigenvalue weighted by Gasteiger charge is 2.17. The second kappa shape index (κ2) is 10.6. The van der Waals surface area contributed by atoms with Crippen LogP contribution in [0.15, 0.2) is 71.6 Å². The minimum atomic E-state index is -0.981. The van der Waals surface area contributed by atoms with Crippen LogP contribution in [0, 0.1) is 23.0 Å². The Balaban J connectivity index is 1.64. The summed E-state index contributed by atoms with van der Waals surface area (Å²) < 4.78 is 26.7. The molecule has 0 aliphatic carbocycles. The van der Waals surface area contributed by atoms with Crippen molar-refractivity contribution in [2.45, 2.75) is 17.9 Å². The predicted octanol–water partition coefficient (Wildman–Crippen LogP) is 5.06. The molecule has 1 atom stereocenters. The number of rotatable bonds is 7. The zero-order chi connectivity index (χ0) is 23.1. The fourth-order valence-electron chi connectivity index (χ4n) is 2.93. The predicted molar refractivity (Wildman–Crippen MR) is 119 cm³/mol. The molecule has 0 aromatic heterocycles. The number of carbonyl (C=O) groups excluding carboxylic acids is 2. The van der Waals surface area contributed by atoms with Crippen LogP contribution in [0.4, 0.5) is 14.5 Å². The zero-order valence-electron chi connectivity index (χ0n) is 17.1. The Morgan fingerprint density at radius 1 is 1.03 bits per heavy atom. The molecule has 2 N–H and O–H groups in total. The summed E-state index contributed by atoms with van der Waals surface area (Å²) >= 11 is 1.19. The fraction of sp³-hybridized carbons (Fsp3) is 0.125. The molecule has 0 aliphatic rings. The van der Waals surface area contributed by atoms with E-state index in [1.807, 2.05) is 6.07 Å². The molecule has 0 bridgehead atoms. The lowest BCUT2D eigenvalue weighted by atomic mass is 10.1. The number of thioether (sulfide) groups is 1. The van der Waals surface area contributed by atoms with Crippen LogP contribution in [0.1, 0.15) is 34.5 Å². The summed E-state index contributed by atoms with van der Waals surface area (Å²) in [6, 6.07) is 18.3.